The van der Waals surface area contributed by atoms with Gasteiger partial charge >= 0.3 is 7.12 Å². The quantitative estimate of drug-likeness (QED) is 0.763. The fraction of sp³-hybridized carbons (Fsp3) is 0.429. The Labute approximate surface area is 114 Å². The molecule has 1 saturated heterocycles. The van der Waals surface area contributed by atoms with Crippen molar-refractivity contribution in [1.29, 1.82) is 0 Å². The smallest absolute Gasteiger partial charge is 0.399 e. The maximum absolute atomic E-state index is 6.23. The zero-order valence-corrected chi connectivity index (χ0v) is 12.0. The second-order valence-electron chi connectivity index (χ2n) is 5.57. The van der Waals surface area contributed by atoms with Crippen LogP contribution in [-0.2, 0) is 9.31 Å². The molecule has 0 saturated carbocycles. The van der Waals surface area contributed by atoms with Gasteiger partial charge in [-0.25, -0.2) is 0 Å². The average Bonchev–Trinajstić information content (AvgIpc) is 2.48. The molecule has 2 nitrogen and oxygen atoms in total. The fourth-order valence-electron chi connectivity index (χ4n) is 1.84. The first-order chi connectivity index (χ1) is 8.27. The van der Waals surface area contributed by atoms with Gasteiger partial charge < -0.3 is 9.31 Å². The summed E-state index contributed by atoms with van der Waals surface area (Å²) in [5, 5.41) is 0.652. The standard InChI is InChI=1S/C14H18BClO2/c1-6-10-7-8-12(16)11(9-10)15-17-13(2,3)14(4,5)18-15/h6-9H,1H2,2-5H3. The van der Waals surface area contributed by atoms with Gasteiger partial charge in [-0.05, 0) is 39.3 Å². The van der Waals surface area contributed by atoms with Crippen LogP contribution >= 0.6 is 11.6 Å². The number of halogens is 1. The summed E-state index contributed by atoms with van der Waals surface area (Å²) in [6.45, 7) is 11.9. The molecule has 0 amide bonds. The van der Waals surface area contributed by atoms with Crippen LogP contribution in [0, 0.1) is 0 Å². The molecule has 18 heavy (non-hydrogen) atoms. The first-order valence-corrected chi connectivity index (χ1v) is 6.42. The Kier molecular flexibility index (Phi) is 3.35. The van der Waals surface area contributed by atoms with Crippen LogP contribution < -0.4 is 5.46 Å². The van der Waals surface area contributed by atoms with Crippen LogP contribution in [0.1, 0.15) is 33.3 Å². The van der Waals surface area contributed by atoms with E-state index in [0.29, 0.717) is 5.02 Å². The lowest BCUT2D eigenvalue weighted by Gasteiger charge is -2.32. The Bertz CT molecular complexity index is 467. The van der Waals surface area contributed by atoms with Gasteiger partial charge in [0.2, 0.25) is 0 Å². The van der Waals surface area contributed by atoms with E-state index in [1.54, 1.807) is 6.08 Å². The molecule has 0 aliphatic carbocycles. The highest BCUT2D eigenvalue weighted by Gasteiger charge is 2.52. The van der Waals surface area contributed by atoms with Crippen molar-refractivity contribution < 1.29 is 9.31 Å². The number of hydrogen-bond acceptors (Lipinski definition) is 2. The Balaban J connectivity index is 2.37. The van der Waals surface area contributed by atoms with E-state index in [4.69, 9.17) is 20.9 Å². The van der Waals surface area contributed by atoms with Gasteiger partial charge in [-0.2, -0.15) is 0 Å². The van der Waals surface area contributed by atoms with Crippen molar-refractivity contribution in [2.45, 2.75) is 38.9 Å². The normalized spacial score (nSPS) is 21.1. The maximum atomic E-state index is 6.23. The van der Waals surface area contributed by atoms with Gasteiger partial charge in [-0.15, -0.1) is 0 Å². The summed E-state index contributed by atoms with van der Waals surface area (Å²) in [5.74, 6) is 0. The molecule has 0 spiro atoms. The van der Waals surface area contributed by atoms with Gasteiger partial charge in [0.15, 0.2) is 0 Å². The van der Waals surface area contributed by atoms with Crippen molar-refractivity contribution in [2.75, 3.05) is 0 Å². The van der Waals surface area contributed by atoms with E-state index in [9.17, 15) is 0 Å². The summed E-state index contributed by atoms with van der Waals surface area (Å²) in [7, 11) is -0.428. The van der Waals surface area contributed by atoms with E-state index in [-0.39, 0.29) is 11.2 Å². The summed E-state index contributed by atoms with van der Waals surface area (Å²) in [6, 6.07) is 5.72. The molecule has 1 aliphatic rings. The number of benzene rings is 1. The predicted molar refractivity (Wildman–Crippen MR) is 77.3 cm³/mol. The minimum atomic E-state index is -0.428. The monoisotopic (exact) mass is 264 g/mol. The van der Waals surface area contributed by atoms with E-state index in [1.165, 1.54) is 0 Å². The van der Waals surface area contributed by atoms with Gasteiger partial charge in [0, 0.05) is 10.5 Å². The van der Waals surface area contributed by atoms with Crippen LogP contribution in [0.2, 0.25) is 5.02 Å². The van der Waals surface area contributed by atoms with Crippen molar-refractivity contribution in [2.24, 2.45) is 0 Å². The largest absolute Gasteiger partial charge is 0.496 e. The maximum Gasteiger partial charge on any atom is 0.496 e. The number of hydrogen-bond donors (Lipinski definition) is 0. The molecular weight excluding hydrogens is 246 g/mol. The molecule has 1 fully saturated rings. The molecule has 1 aliphatic heterocycles. The molecule has 0 bridgehead atoms. The predicted octanol–water partition coefficient (Wildman–Crippen LogP) is 3.28. The molecule has 0 atom stereocenters. The lowest BCUT2D eigenvalue weighted by molar-refractivity contribution is 0.00578. The summed E-state index contributed by atoms with van der Waals surface area (Å²) in [6.07, 6.45) is 1.78. The van der Waals surface area contributed by atoms with Crippen LogP contribution in [0.15, 0.2) is 24.8 Å². The first-order valence-electron chi connectivity index (χ1n) is 6.04. The molecule has 0 unspecified atom stereocenters. The van der Waals surface area contributed by atoms with Crippen LogP contribution in [0.5, 0.6) is 0 Å². The third kappa shape index (κ3) is 2.23. The molecule has 96 valence electrons. The minimum absolute atomic E-state index is 0.356. The van der Waals surface area contributed by atoms with Gasteiger partial charge in [0.05, 0.1) is 11.2 Å². The molecule has 0 aromatic heterocycles. The van der Waals surface area contributed by atoms with Crippen LogP contribution in [0.4, 0.5) is 0 Å². The Morgan fingerprint density at radius 1 is 1.17 bits per heavy atom. The van der Waals surface area contributed by atoms with Crippen molar-refractivity contribution >= 4 is 30.3 Å². The van der Waals surface area contributed by atoms with Gasteiger partial charge in [-0.1, -0.05) is 36.4 Å². The molecule has 0 N–H and O–H groups in total. The third-order valence-corrected chi connectivity index (χ3v) is 4.11. The molecule has 1 heterocycles. The van der Waals surface area contributed by atoms with E-state index in [0.717, 1.165) is 11.0 Å². The van der Waals surface area contributed by atoms with E-state index in [1.807, 2.05) is 45.9 Å². The summed E-state index contributed by atoms with van der Waals surface area (Å²) in [5.41, 5.74) is 1.15. The van der Waals surface area contributed by atoms with Crippen molar-refractivity contribution in [3.8, 4) is 0 Å². The lowest BCUT2D eigenvalue weighted by atomic mass is 9.78. The topological polar surface area (TPSA) is 18.5 Å². The molecular formula is C14H18BClO2. The summed E-state index contributed by atoms with van der Waals surface area (Å²) >= 11 is 6.23. The Morgan fingerprint density at radius 2 is 1.72 bits per heavy atom. The fourth-order valence-corrected chi connectivity index (χ4v) is 2.05. The SMILES string of the molecule is C=Cc1ccc(Cl)c(B2OC(C)(C)C(C)(C)O2)c1. The van der Waals surface area contributed by atoms with E-state index in [2.05, 4.69) is 6.58 Å². The van der Waals surface area contributed by atoms with E-state index >= 15 is 0 Å². The van der Waals surface area contributed by atoms with E-state index < -0.39 is 7.12 Å². The van der Waals surface area contributed by atoms with Crippen LogP contribution in [-0.4, -0.2) is 18.3 Å². The highest BCUT2D eigenvalue weighted by Crippen LogP contribution is 2.37. The average molecular weight is 265 g/mol. The van der Waals surface area contributed by atoms with Gasteiger partial charge in [-0.3, -0.25) is 0 Å². The summed E-state index contributed by atoms with van der Waals surface area (Å²) < 4.78 is 12.0. The molecule has 1 aromatic rings. The first kappa shape index (κ1) is 13.7. The summed E-state index contributed by atoms with van der Waals surface area (Å²) in [4.78, 5) is 0. The zero-order chi connectivity index (χ0) is 13.6. The third-order valence-electron chi connectivity index (χ3n) is 3.76. The molecule has 1 aromatic carbocycles. The highest BCUT2D eigenvalue weighted by molar-refractivity contribution is 6.65. The Hall–Kier alpha value is -0.765. The second-order valence-corrected chi connectivity index (χ2v) is 5.98. The van der Waals surface area contributed by atoms with Crippen molar-refractivity contribution in [1.82, 2.24) is 0 Å². The molecule has 0 radical (unpaired) electrons. The van der Waals surface area contributed by atoms with Crippen LogP contribution in [0.25, 0.3) is 6.08 Å². The molecule has 2 rings (SSSR count). The second kappa shape index (κ2) is 4.41. The van der Waals surface area contributed by atoms with Crippen molar-refractivity contribution in [3.63, 3.8) is 0 Å². The highest BCUT2D eigenvalue weighted by atomic mass is 35.5. The van der Waals surface area contributed by atoms with Crippen molar-refractivity contribution in [3.05, 3.63) is 35.4 Å². The minimum Gasteiger partial charge on any atom is -0.399 e. The Morgan fingerprint density at radius 3 is 2.22 bits per heavy atom. The number of rotatable bonds is 2. The molecule has 4 heteroatoms. The van der Waals surface area contributed by atoms with Gasteiger partial charge in [0.25, 0.3) is 0 Å². The van der Waals surface area contributed by atoms with Gasteiger partial charge in [0.1, 0.15) is 0 Å². The lowest BCUT2D eigenvalue weighted by Crippen LogP contribution is -2.41. The zero-order valence-electron chi connectivity index (χ0n) is 11.3. The van der Waals surface area contributed by atoms with Crippen LogP contribution in [0.3, 0.4) is 0 Å².